The lowest BCUT2D eigenvalue weighted by Crippen LogP contribution is -2.22. The number of nitrogens with one attached hydrogen (secondary N) is 1. The van der Waals surface area contributed by atoms with Crippen LogP contribution in [0, 0.1) is 0 Å². The highest BCUT2D eigenvalue weighted by atomic mass is 32.2. The number of amides is 1. The largest absolute Gasteiger partial charge is 0.490 e. The molecule has 0 aromatic heterocycles. The summed E-state index contributed by atoms with van der Waals surface area (Å²) in [5.41, 5.74) is 0.779. The number of hydrogen-bond donors (Lipinski definition) is 1. The van der Waals surface area contributed by atoms with E-state index in [0.717, 1.165) is 17.1 Å². The van der Waals surface area contributed by atoms with Crippen molar-refractivity contribution >= 4 is 21.6 Å². The highest BCUT2D eigenvalue weighted by molar-refractivity contribution is 7.89. The number of carbonyl (C=O) groups is 1. The first-order valence-corrected chi connectivity index (χ1v) is 11.0. The molecule has 0 fully saturated rings. The van der Waals surface area contributed by atoms with Crippen molar-refractivity contribution in [3.05, 3.63) is 48.0 Å². The number of ether oxygens (including phenoxy) is 2. The molecule has 158 valence electrons. The second-order valence-electron chi connectivity index (χ2n) is 6.63. The van der Waals surface area contributed by atoms with Gasteiger partial charge in [0.25, 0.3) is 5.91 Å². The molecule has 0 unspecified atom stereocenters. The zero-order valence-corrected chi connectivity index (χ0v) is 18.1. The van der Waals surface area contributed by atoms with Gasteiger partial charge in [0.1, 0.15) is 0 Å². The fourth-order valence-corrected chi connectivity index (χ4v) is 3.40. The molecule has 0 spiro atoms. The molecule has 0 aliphatic rings. The SMILES string of the molecule is CCCOc1ccc(C(=O)Nc2cccc(S(=O)(=O)N(C)C)c2)cc1OCCC. The van der Waals surface area contributed by atoms with Gasteiger partial charge in [-0.3, -0.25) is 4.79 Å². The van der Waals surface area contributed by atoms with Crippen LogP contribution in [-0.4, -0.2) is 45.9 Å². The Kier molecular flexibility index (Phi) is 8.04. The summed E-state index contributed by atoms with van der Waals surface area (Å²) in [6, 6.07) is 11.1. The summed E-state index contributed by atoms with van der Waals surface area (Å²) in [6.07, 6.45) is 1.69. The van der Waals surface area contributed by atoms with E-state index in [0.29, 0.717) is 36.0 Å². The molecule has 0 saturated carbocycles. The van der Waals surface area contributed by atoms with Crippen molar-refractivity contribution in [1.82, 2.24) is 4.31 Å². The van der Waals surface area contributed by atoms with Gasteiger partial charge in [-0.2, -0.15) is 0 Å². The molecule has 0 bridgehead atoms. The zero-order valence-electron chi connectivity index (χ0n) is 17.3. The molecule has 8 heteroatoms. The van der Waals surface area contributed by atoms with Crippen molar-refractivity contribution in [2.24, 2.45) is 0 Å². The first-order chi connectivity index (χ1) is 13.8. The first kappa shape index (κ1) is 22.7. The monoisotopic (exact) mass is 420 g/mol. The van der Waals surface area contributed by atoms with Gasteiger partial charge in [0, 0.05) is 25.3 Å². The van der Waals surface area contributed by atoms with E-state index in [1.807, 2.05) is 13.8 Å². The van der Waals surface area contributed by atoms with Crippen molar-refractivity contribution in [1.29, 1.82) is 0 Å². The maximum absolute atomic E-state index is 12.7. The van der Waals surface area contributed by atoms with Gasteiger partial charge < -0.3 is 14.8 Å². The van der Waals surface area contributed by atoms with E-state index in [1.54, 1.807) is 30.3 Å². The maximum atomic E-state index is 12.7. The second-order valence-corrected chi connectivity index (χ2v) is 8.78. The van der Waals surface area contributed by atoms with Crippen LogP contribution in [0.25, 0.3) is 0 Å². The lowest BCUT2D eigenvalue weighted by atomic mass is 10.1. The minimum absolute atomic E-state index is 0.107. The van der Waals surface area contributed by atoms with Crippen LogP contribution < -0.4 is 14.8 Å². The predicted molar refractivity (Wildman–Crippen MR) is 113 cm³/mol. The van der Waals surface area contributed by atoms with Crippen molar-refractivity contribution in [3.63, 3.8) is 0 Å². The van der Waals surface area contributed by atoms with Crippen molar-refractivity contribution in [2.45, 2.75) is 31.6 Å². The van der Waals surface area contributed by atoms with E-state index >= 15 is 0 Å². The molecule has 0 heterocycles. The van der Waals surface area contributed by atoms with Crippen LogP contribution in [-0.2, 0) is 10.0 Å². The van der Waals surface area contributed by atoms with E-state index in [4.69, 9.17) is 9.47 Å². The van der Waals surface area contributed by atoms with Gasteiger partial charge in [-0.05, 0) is 49.2 Å². The molecule has 1 N–H and O–H groups in total. The number of nitrogens with zero attached hydrogens (tertiary/aromatic N) is 1. The Bertz CT molecular complexity index is 942. The van der Waals surface area contributed by atoms with Gasteiger partial charge in [-0.1, -0.05) is 19.9 Å². The lowest BCUT2D eigenvalue weighted by Gasteiger charge is -2.14. The van der Waals surface area contributed by atoms with E-state index in [9.17, 15) is 13.2 Å². The molecular formula is C21H28N2O5S. The summed E-state index contributed by atoms with van der Waals surface area (Å²) >= 11 is 0. The topological polar surface area (TPSA) is 84.9 Å². The van der Waals surface area contributed by atoms with E-state index < -0.39 is 10.0 Å². The summed E-state index contributed by atoms with van der Waals surface area (Å²) in [7, 11) is -0.668. The minimum Gasteiger partial charge on any atom is -0.490 e. The van der Waals surface area contributed by atoms with Crippen molar-refractivity contribution < 1.29 is 22.7 Å². The average Bonchev–Trinajstić information content (AvgIpc) is 2.71. The number of hydrogen-bond acceptors (Lipinski definition) is 5. The summed E-state index contributed by atoms with van der Waals surface area (Å²) in [5.74, 6) is 0.737. The molecule has 0 atom stereocenters. The van der Waals surface area contributed by atoms with Gasteiger partial charge in [-0.15, -0.1) is 0 Å². The molecule has 1 amide bonds. The van der Waals surface area contributed by atoms with E-state index in [-0.39, 0.29) is 10.8 Å². The standard InChI is InChI=1S/C21H28N2O5S/c1-5-12-27-19-11-10-16(14-20(19)28-13-6-2)21(24)22-17-8-7-9-18(15-17)29(25,26)23(3)4/h7-11,14-15H,5-6,12-13H2,1-4H3,(H,22,24). The molecular weight excluding hydrogens is 392 g/mol. The van der Waals surface area contributed by atoms with Crippen molar-refractivity contribution in [3.8, 4) is 11.5 Å². The van der Waals surface area contributed by atoms with Gasteiger partial charge >= 0.3 is 0 Å². The molecule has 0 aliphatic heterocycles. The van der Waals surface area contributed by atoms with Crippen LogP contribution >= 0.6 is 0 Å². The predicted octanol–water partition coefficient (Wildman–Crippen LogP) is 3.77. The zero-order chi connectivity index (χ0) is 21.4. The highest BCUT2D eigenvalue weighted by Gasteiger charge is 2.18. The molecule has 2 aromatic rings. The summed E-state index contributed by atoms with van der Waals surface area (Å²) in [4.78, 5) is 12.8. The average molecular weight is 421 g/mol. The highest BCUT2D eigenvalue weighted by Crippen LogP contribution is 2.29. The molecule has 7 nitrogen and oxygen atoms in total. The summed E-state index contributed by atoms with van der Waals surface area (Å²) in [5, 5.41) is 2.74. The van der Waals surface area contributed by atoms with Crippen molar-refractivity contribution in [2.75, 3.05) is 32.6 Å². The third-order valence-electron chi connectivity index (χ3n) is 4.00. The smallest absolute Gasteiger partial charge is 0.255 e. The molecule has 0 saturated heterocycles. The fraction of sp³-hybridized carbons (Fsp3) is 0.381. The van der Waals surface area contributed by atoms with Crippen LogP contribution in [0.1, 0.15) is 37.0 Å². The maximum Gasteiger partial charge on any atom is 0.255 e. The first-order valence-electron chi connectivity index (χ1n) is 9.53. The van der Waals surface area contributed by atoms with E-state index in [2.05, 4.69) is 5.32 Å². The number of carbonyl (C=O) groups excluding carboxylic acids is 1. The molecule has 29 heavy (non-hydrogen) atoms. The Morgan fingerprint density at radius 3 is 2.24 bits per heavy atom. The van der Waals surface area contributed by atoms with Crippen LogP contribution in [0.3, 0.4) is 0 Å². The fourth-order valence-electron chi connectivity index (χ4n) is 2.45. The van der Waals surface area contributed by atoms with Gasteiger partial charge in [0.15, 0.2) is 11.5 Å². The molecule has 0 aliphatic carbocycles. The molecule has 0 radical (unpaired) electrons. The van der Waals surface area contributed by atoms with Crippen LogP contribution in [0.5, 0.6) is 11.5 Å². The van der Waals surface area contributed by atoms with Crippen LogP contribution in [0.15, 0.2) is 47.4 Å². The Morgan fingerprint density at radius 2 is 1.62 bits per heavy atom. The van der Waals surface area contributed by atoms with Crippen LogP contribution in [0.2, 0.25) is 0 Å². The Balaban J connectivity index is 2.24. The Morgan fingerprint density at radius 1 is 0.966 bits per heavy atom. The Hall–Kier alpha value is -2.58. The number of anilines is 1. The third-order valence-corrected chi connectivity index (χ3v) is 5.81. The quantitative estimate of drug-likeness (QED) is 0.632. The third kappa shape index (κ3) is 5.95. The van der Waals surface area contributed by atoms with Gasteiger partial charge in [0.05, 0.1) is 18.1 Å². The Labute approximate surface area is 172 Å². The normalized spacial score (nSPS) is 11.3. The summed E-state index contributed by atoms with van der Waals surface area (Å²) < 4.78 is 37.1. The van der Waals surface area contributed by atoms with E-state index in [1.165, 1.54) is 26.2 Å². The van der Waals surface area contributed by atoms with Gasteiger partial charge in [-0.25, -0.2) is 12.7 Å². The number of sulfonamides is 1. The number of rotatable bonds is 10. The molecule has 2 aromatic carbocycles. The van der Waals surface area contributed by atoms with Crippen LogP contribution in [0.4, 0.5) is 5.69 Å². The summed E-state index contributed by atoms with van der Waals surface area (Å²) in [6.45, 7) is 5.08. The van der Waals surface area contributed by atoms with Gasteiger partial charge in [0.2, 0.25) is 10.0 Å². The minimum atomic E-state index is -3.59. The second kappa shape index (κ2) is 10.3. The lowest BCUT2D eigenvalue weighted by molar-refractivity contribution is 0.102. The molecule has 2 rings (SSSR count). The number of benzene rings is 2.